The van der Waals surface area contributed by atoms with Gasteiger partial charge in [-0.2, -0.15) is 0 Å². The Morgan fingerprint density at radius 2 is 1.89 bits per heavy atom. The van der Waals surface area contributed by atoms with E-state index in [-0.39, 0.29) is 5.54 Å². The van der Waals surface area contributed by atoms with Gasteiger partial charge in [0, 0.05) is 18.1 Å². The summed E-state index contributed by atoms with van der Waals surface area (Å²) >= 11 is 1.66. The SMILES string of the molecule is CC(N)(CNC(C)(C)c1nccs1)c1ccccc1. The predicted molar refractivity (Wildman–Crippen MR) is 81.1 cm³/mol. The van der Waals surface area contributed by atoms with E-state index in [0.29, 0.717) is 6.54 Å². The number of aromatic nitrogens is 1. The first kappa shape index (κ1) is 14.2. The van der Waals surface area contributed by atoms with E-state index < -0.39 is 5.54 Å². The van der Waals surface area contributed by atoms with E-state index in [2.05, 4.69) is 36.3 Å². The first-order chi connectivity index (χ1) is 8.92. The fraction of sp³-hybridized carbons (Fsp3) is 0.400. The number of nitrogens with one attached hydrogen (secondary N) is 1. The minimum absolute atomic E-state index is 0.163. The molecule has 2 rings (SSSR count). The van der Waals surface area contributed by atoms with E-state index in [1.54, 1.807) is 11.3 Å². The lowest BCUT2D eigenvalue weighted by atomic mass is 9.92. The molecule has 2 aromatic rings. The number of hydrogen-bond acceptors (Lipinski definition) is 4. The highest BCUT2D eigenvalue weighted by Crippen LogP contribution is 2.24. The highest BCUT2D eigenvalue weighted by atomic mass is 32.1. The van der Waals surface area contributed by atoms with Crippen LogP contribution in [0.2, 0.25) is 0 Å². The van der Waals surface area contributed by atoms with Crippen LogP contribution in [0.15, 0.2) is 41.9 Å². The molecule has 0 saturated heterocycles. The van der Waals surface area contributed by atoms with Crippen molar-refractivity contribution in [1.82, 2.24) is 10.3 Å². The van der Waals surface area contributed by atoms with E-state index >= 15 is 0 Å². The van der Waals surface area contributed by atoms with Crippen molar-refractivity contribution < 1.29 is 0 Å². The molecule has 0 fully saturated rings. The quantitative estimate of drug-likeness (QED) is 0.882. The highest BCUT2D eigenvalue weighted by molar-refractivity contribution is 7.09. The second-order valence-corrected chi connectivity index (χ2v) is 6.49. The second-order valence-electron chi connectivity index (χ2n) is 5.60. The molecule has 0 amide bonds. The van der Waals surface area contributed by atoms with E-state index in [1.807, 2.05) is 36.7 Å². The molecule has 102 valence electrons. The largest absolute Gasteiger partial charge is 0.321 e. The number of hydrogen-bond donors (Lipinski definition) is 2. The molecule has 0 bridgehead atoms. The van der Waals surface area contributed by atoms with Crippen molar-refractivity contribution >= 4 is 11.3 Å². The molecule has 4 heteroatoms. The van der Waals surface area contributed by atoms with E-state index in [0.717, 1.165) is 10.6 Å². The zero-order valence-electron chi connectivity index (χ0n) is 11.7. The number of thiazole rings is 1. The Kier molecular flexibility index (Phi) is 4.04. The Morgan fingerprint density at radius 3 is 2.47 bits per heavy atom. The standard InChI is InChI=1S/C15H21N3S/c1-14(2,13-17-9-10-19-13)18-11-15(3,16)12-7-5-4-6-8-12/h4-10,18H,11,16H2,1-3H3. The first-order valence-electron chi connectivity index (χ1n) is 6.41. The molecule has 1 unspecified atom stereocenters. The van der Waals surface area contributed by atoms with Crippen LogP contribution in [-0.2, 0) is 11.1 Å². The van der Waals surface area contributed by atoms with Gasteiger partial charge in [-0.3, -0.25) is 0 Å². The van der Waals surface area contributed by atoms with E-state index in [9.17, 15) is 0 Å². The van der Waals surface area contributed by atoms with Crippen LogP contribution in [0.1, 0.15) is 31.3 Å². The van der Waals surface area contributed by atoms with Gasteiger partial charge in [-0.1, -0.05) is 30.3 Å². The molecule has 1 aromatic heterocycles. The maximum absolute atomic E-state index is 6.42. The molecule has 3 N–H and O–H groups in total. The molecule has 0 aliphatic carbocycles. The maximum Gasteiger partial charge on any atom is 0.112 e. The molecule has 0 spiro atoms. The van der Waals surface area contributed by atoms with Gasteiger partial charge in [0.05, 0.1) is 11.1 Å². The summed E-state index contributed by atoms with van der Waals surface area (Å²) in [6.45, 7) is 7.01. The van der Waals surface area contributed by atoms with Crippen LogP contribution in [0.5, 0.6) is 0 Å². The van der Waals surface area contributed by atoms with Crippen molar-refractivity contribution in [2.75, 3.05) is 6.54 Å². The number of rotatable bonds is 5. The van der Waals surface area contributed by atoms with Crippen LogP contribution < -0.4 is 11.1 Å². The fourth-order valence-corrected chi connectivity index (χ4v) is 2.67. The van der Waals surface area contributed by atoms with Crippen molar-refractivity contribution in [3.8, 4) is 0 Å². The summed E-state index contributed by atoms with van der Waals surface area (Å²) in [5.74, 6) is 0. The highest BCUT2D eigenvalue weighted by Gasteiger charge is 2.28. The number of nitrogens with zero attached hydrogens (tertiary/aromatic N) is 1. The Morgan fingerprint density at radius 1 is 1.21 bits per heavy atom. The van der Waals surface area contributed by atoms with Crippen LogP contribution in [0.4, 0.5) is 0 Å². The Bertz CT molecular complexity index is 503. The third-order valence-corrected chi connectivity index (χ3v) is 4.39. The van der Waals surface area contributed by atoms with Crippen LogP contribution in [0.3, 0.4) is 0 Å². The van der Waals surface area contributed by atoms with Gasteiger partial charge in [-0.25, -0.2) is 4.98 Å². The minimum Gasteiger partial charge on any atom is -0.321 e. The van der Waals surface area contributed by atoms with Crippen molar-refractivity contribution in [2.24, 2.45) is 5.73 Å². The zero-order chi connectivity index (χ0) is 13.9. The Balaban J connectivity index is 2.06. The third kappa shape index (κ3) is 3.41. The van der Waals surface area contributed by atoms with Gasteiger partial charge < -0.3 is 11.1 Å². The first-order valence-corrected chi connectivity index (χ1v) is 7.29. The van der Waals surface area contributed by atoms with Crippen molar-refractivity contribution in [2.45, 2.75) is 31.8 Å². The lowest BCUT2D eigenvalue weighted by Crippen LogP contribution is -2.49. The van der Waals surface area contributed by atoms with Gasteiger partial charge >= 0.3 is 0 Å². The molecule has 1 aromatic carbocycles. The fourth-order valence-electron chi connectivity index (χ4n) is 1.93. The smallest absolute Gasteiger partial charge is 0.112 e. The monoisotopic (exact) mass is 275 g/mol. The molecule has 0 aliphatic heterocycles. The Hall–Kier alpha value is -1.23. The number of nitrogens with two attached hydrogens (primary N) is 1. The molecule has 0 radical (unpaired) electrons. The van der Waals surface area contributed by atoms with Gasteiger partial charge in [0.25, 0.3) is 0 Å². The summed E-state index contributed by atoms with van der Waals surface area (Å²) in [4.78, 5) is 4.38. The van der Waals surface area contributed by atoms with Gasteiger partial charge in [0.15, 0.2) is 0 Å². The van der Waals surface area contributed by atoms with E-state index in [1.165, 1.54) is 0 Å². The van der Waals surface area contributed by atoms with Gasteiger partial charge in [0.2, 0.25) is 0 Å². The summed E-state index contributed by atoms with van der Waals surface area (Å²) in [7, 11) is 0. The molecule has 3 nitrogen and oxygen atoms in total. The Labute approximate surface area is 118 Å². The topological polar surface area (TPSA) is 50.9 Å². The third-order valence-electron chi connectivity index (χ3n) is 3.30. The lowest BCUT2D eigenvalue weighted by molar-refractivity contribution is 0.337. The zero-order valence-corrected chi connectivity index (χ0v) is 12.5. The van der Waals surface area contributed by atoms with Crippen molar-refractivity contribution in [3.05, 3.63) is 52.5 Å². The number of benzene rings is 1. The molecule has 0 aliphatic rings. The summed E-state index contributed by atoms with van der Waals surface area (Å²) in [6.07, 6.45) is 1.84. The van der Waals surface area contributed by atoms with Gasteiger partial charge in [-0.05, 0) is 26.3 Å². The van der Waals surface area contributed by atoms with E-state index in [4.69, 9.17) is 5.73 Å². The molecule has 1 atom stereocenters. The second kappa shape index (κ2) is 5.41. The predicted octanol–water partition coefficient (Wildman–Crippen LogP) is 2.84. The summed E-state index contributed by atoms with van der Waals surface area (Å²) in [5, 5.41) is 6.60. The average Bonchev–Trinajstić information content (AvgIpc) is 2.93. The maximum atomic E-state index is 6.42. The van der Waals surface area contributed by atoms with Crippen LogP contribution in [0.25, 0.3) is 0 Å². The molecule has 1 heterocycles. The summed E-state index contributed by atoms with van der Waals surface area (Å²) in [6, 6.07) is 10.2. The van der Waals surface area contributed by atoms with Crippen molar-refractivity contribution in [1.29, 1.82) is 0 Å². The minimum atomic E-state index is -0.393. The van der Waals surface area contributed by atoms with Gasteiger partial charge in [0.1, 0.15) is 5.01 Å². The van der Waals surface area contributed by atoms with Crippen LogP contribution in [0, 0.1) is 0 Å². The van der Waals surface area contributed by atoms with Gasteiger partial charge in [-0.15, -0.1) is 11.3 Å². The molecule has 19 heavy (non-hydrogen) atoms. The van der Waals surface area contributed by atoms with Crippen LogP contribution >= 0.6 is 11.3 Å². The molecule has 0 saturated carbocycles. The molecular weight excluding hydrogens is 254 g/mol. The lowest BCUT2D eigenvalue weighted by Gasteiger charge is -2.32. The van der Waals surface area contributed by atoms with Crippen molar-refractivity contribution in [3.63, 3.8) is 0 Å². The summed E-state index contributed by atoms with van der Waals surface area (Å²) < 4.78 is 0. The summed E-state index contributed by atoms with van der Waals surface area (Å²) in [5.41, 5.74) is 7.00. The van der Waals surface area contributed by atoms with Crippen LogP contribution in [-0.4, -0.2) is 11.5 Å². The normalized spacial score (nSPS) is 15.2. The average molecular weight is 275 g/mol. The molecular formula is C15H21N3S.